The first-order valence-electron chi connectivity index (χ1n) is 6.67. The summed E-state index contributed by atoms with van der Waals surface area (Å²) in [5, 5.41) is 0. The molecule has 2 N–H and O–H groups in total. The van der Waals surface area contributed by atoms with Gasteiger partial charge in [-0.05, 0) is 35.7 Å². The van der Waals surface area contributed by atoms with Crippen molar-refractivity contribution >= 4 is 0 Å². The lowest BCUT2D eigenvalue weighted by molar-refractivity contribution is 0.321. The molecule has 1 aromatic heterocycles. The molecule has 1 aromatic carbocycles. The lowest BCUT2D eigenvalue weighted by Crippen LogP contribution is -2.08. The summed E-state index contributed by atoms with van der Waals surface area (Å²) in [7, 11) is 0. The third-order valence-corrected chi connectivity index (χ3v) is 3.13. The molecule has 0 aliphatic heterocycles. The SMILES string of the molecule is CCC(N)c1ccc(OCCc2cccnc2)cc1. The highest BCUT2D eigenvalue weighted by atomic mass is 16.5. The van der Waals surface area contributed by atoms with Crippen LogP contribution in [-0.4, -0.2) is 11.6 Å². The zero-order chi connectivity index (χ0) is 13.5. The van der Waals surface area contributed by atoms with Gasteiger partial charge >= 0.3 is 0 Å². The molecule has 19 heavy (non-hydrogen) atoms. The maximum Gasteiger partial charge on any atom is 0.119 e. The quantitative estimate of drug-likeness (QED) is 0.864. The third-order valence-electron chi connectivity index (χ3n) is 3.13. The van der Waals surface area contributed by atoms with Crippen LogP contribution in [0.3, 0.4) is 0 Å². The smallest absolute Gasteiger partial charge is 0.119 e. The zero-order valence-electron chi connectivity index (χ0n) is 11.3. The topological polar surface area (TPSA) is 48.1 Å². The number of hydrogen-bond acceptors (Lipinski definition) is 3. The van der Waals surface area contributed by atoms with Gasteiger partial charge in [-0.2, -0.15) is 0 Å². The predicted molar refractivity (Wildman–Crippen MR) is 77.1 cm³/mol. The Bertz CT molecular complexity index is 482. The summed E-state index contributed by atoms with van der Waals surface area (Å²) in [6.07, 6.45) is 5.46. The molecule has 100 valence electrons. The Morgan fingerprint density at radius 1 is 1.21 bits per heavy atom. The standard InChI is InChI=1S/C16H20N2O/c1-2-16(17)14-5-7-15(8-6-14)19-11-9-13-4-3-10-18-12-13/h3-8,10,12,16H,2,9,11,17H2,1H3. The van der Waals surface area contributed by atoms with Crippen molar-refractivity contribution < 1.29 is 4.74 Å². The van der Waals surface area contributed by atoms with E-state index in [1.165, 1.54) is 5.56 Å². The van der Waals surface area contributed by atoms with Crippen LogP contribution < -0.4 is 10.5 Å². The minimum Gasteiger partial charge on any atom is -0.493 e. The molecule has 1 unspecified atom stereocenters. The molecule has 0 aliphatic rings. The van der Waals surface area contributed by atoms with Crippen LogP contribution >= 0.6 is 0 Å². The minimum atomic E-state index is 0.115. The van der Waals surface area contributed by atoms with Gasteiger partial charge in [0.1, 0.15) is 5.75 Å². The molecule has 0 spiro atoms. The van der Waals surface area contributed by atoms with Crippen LogP contribution in [0.1, 0.15) is 30.5 Å². The highest BCUT2D eigenvalue weighted by molar-refractivity contribution is 5.29. The van der Waals surface area contributed by atoms with Crippen molar-refractivity contribution in [1.29, 1.82) is 0 Å². The van der Waals surface area contributed by atoms with Crippen LogP contribution in [0.2, 0.25) is 0 Å². The summed E-state index contributed by atoms with van der Waals surface area (Å²) in [5.41, 5.74) is 8.31. The summed E-state index contributed by atoms with van der Waals surface area (Å²) >= 11 is 0. The Balaban J connectivity index is 1.83. The number of pyridine rings is 1. The summed E-state index contributed by atoms with van der Waals surface area (Å²) < 4.78 is 5.71. The highest BCUT2D eigenvalue weighted by Gasteiger charge is 2.03. The second-order valence-corrected chi connectivity index (χ2v) is 4.54. The maximum atomic E-state index is 5.97. The number of ether oxygens (including phenoxy) is 1. The van der Waals surface area contributed by atoms with E-state index in [2.05, 4.69) is 18.0 Å². The van der Waals surface area contributed by atoms with Crippen molar-refractivity contribution in [2.24, 2.45) is 5.73 Å². The normalized spacial score (nSPS) is 12.1. The fourth-order valence-corrected chi connectivity index (χ4v) is 1.88. The maximum absolute atomic E-state index is 5.97. The first-order valence-corrected chi connectivity index (χ1v) is 6.67. The van der Waals surface area contributed by atoms with Crippen LogP contribution in [0.25, 0.3) is 0 Å². The number of benzene rings is 1. The summed E-state index contributed by atoms with van der Waals surface area (Å²) in [6.45, 7) is 2.74. The number of aromatic nitrogens is 1. The van der Waals surface area contributed by atoms with E-state index in [9.17, 15) is 0 Å². The van der Waals surface area contributed by atoms with Crippen molar-refractivity contribution in [2.45, 2.75) is 25.8 Å². The van der Waals surface area contributed by atoms with E-state index in [-0.39, 0.29) is 6.04 Å². The number of hydrogen-bond donors (Lipinski definition) is 1. The van der Waals surface area contributed by atoms with Crippen LogP contribution in [0, 0.1) is 0 Å². The van der Waals surface area contributed by atoms with Gasteiger partial charge in [0.25, 0.3) is 0 Å². The monoisotopic (exact) mass is 256 g/mol. The van der Waals surface area contributed by atoms with E-state index in [0.29, 0.717) is 6.61 Å². The summed E-state index contributed by atoms with van der Waals surface area (Å²) in [6, 6.07) is 12.1. The van der Waals surface area contributed by atoms with E-state index in [1.807, 2.05) is 36.5 Å². The molecule has 0 fully saturated rings. The van der Waals surface area contributed by atoms with Crippen LogP contribution in [0.15, 0.2) is 48.8 Å². The molecule has 0 radical (unpaired) electrons. The molecule has 0 saturated heterocycles. The molecule has 0 bridgehead atoms. The van der Waals surface area contributed by atoms with Crippen molar-refractivity contribution in [2.75, 3.05) is 6.61 Å². The van der Waals surface area contributed by atoms with E-state index >= 15 is 0 Å². The van der Waals surface area contributed by atoms with Gasteiger partial charge in [0.15, 0.2) is 0 Å². The molecule has 0 aliphatic carbocycles. The molecule has 1 heterocycles. The van der Waals surface area contributed by atoms with Crippen LogP contribution in [-0.2, 0) is 6.42 Å². The van der Waals surface area contributed by atoms with Crippen LogP contribution in [0.4, 0.5) is 0 Å². The summed E-state index contributed by atoms with van der Waals surface area (Å²) in [4.78, 5) is 4.08. The molecular formula is C16H20N2O. The average molecular weight is 256 g/mol. The van der Waals surface area contributed by atoms with Crippen LogP contribution in [0.5, 0.6) is 5.75 Å². The fourth-order valence-electron chi connectivity index (χ4n) is 1.88. The lowest BCUT2D eigenvalue weighted by Gasteiger charge is -2.10. The van der Waals surface area contributed by atoms with E-state index < -0.39 is 0 Å². The van der Waals surface area contributed by atoms with E-state index in [1.54, 1.807) is 6.20 Å². The molecule has 2 rings (SSSR count). The Kier molecular flexibility index (Phi) is 4.93. The Hall–Kier alpha value is -1.87. The van der Waals surface area contributed by atoms with Crippen molar-refractivity contribution in [3.63, 3.8) is 0 Å². The van der Waals surface area contributed by atoms with Gasteiger partial charge in [0.2, 0.25) is 0 Å². The van der Waals surface area contributed by atoms with E-state index in [4.69, 9.17) is 10.5 Å². The van der Waals surface area contributed by atoms with Gasteiger partial charge < -0.3 is 10.5 Å². The number of nitrogens with zero attached hydrogens (tertiary/aromatic N) is 1. The third kappa shape index (κ3) is 4.07. The largest absolute Gasteiger partial charge is 0.493 e. The predicted octanol–water partition coefficient (Wildman–Crippen LogP) is 3.11. The van der Waals surface area contributed by atoms with Gasteiger partial charge in [0, 0.05) is 24.9 Å². The molecule has 0 amide bonds. The highest BCUT2D eigenvalue weighted by Crippen LogP contribution is 2.18. The first kappa shape index (κ1) is 13.6. The van der Waals surface area contributed by atoms with E-state index in [0.717, 1.165) is 24.2 Å². The van der Waals surface area contributed by atoms with Gasteiger partial charge in [-0.25, -0.2) is 0 Å². The number of rotatable bonds is 6. The zero-order valence-corrected chi connectivity index (χ0v) is 11.3. The van der Waals surface area contributed by atoms with Gasteiger partial charge in [0.05, 0.1) is 6.61 Å². The minimum absolute atomic E-state index is 0.115. The molecular weight excluding hydrogens is 236 g/mol. The molecule has 3 heteroatoms. The average Bonchev–Trinajstić information content (AvgIpc) is 2.48. The summed E-state index contributed by atoms with van der Waals surface area (Å²) in [5.74, 6) is 0.885. The van der Waals surface area contributed by atoms with Crippen molar-refractivity contribution in [3.8, 4) is 5.75 Å². The molecule has 2 aromatic rings. The van der Waals surface area contributed by atoms with Gasteiger partial charge in [-0.3, -0.25) is 4.98 Å². The number of nitrogens with two attached hydrogens (primary N) is 1. The van der Waals surface area contributed by atoms with Gasteiger partial charge in [-0.1, -0.05) is 25.1 Å². The lowest BCUT2D eigenvalue weighted by atomic mass is 10.1. The molecule has 3 nitrogen and oxygen atoms in total. The second kappa shape index (κ2) is 6.90. The van der Waals surface area contributed by atoms with Gasteiger partial charge in [-0.15, -0.1) is 0 Å². The van der Waals surface area contributed by atoms with Crippen molar-refractivity contribution in [1.82, 2.24) is 4.98 Å². The Labute approximate surface area is 114 Å². The first-order chi connectivity index (χ1) is 9.29. The second-order valence-electron chi connectivity index (χ2n) is 4.54. The Morgan fingerprint density at radius 3 is 2.63 bits per heavy atom. The van der Waals surface area contributed by atoms with Crippen molar-refractivity contribution in [3.05, 3.63) is 59.9 Å². The Morgan fingerprint density at radius 2 is 2.00 bits per heavy atom. The molecule has 1 atom stereocenters. The molecule has 0 saturated carbocycles. The fraction of sp³-hybridized carbons (Fsp3) is 0.312.